The Morgan fingerprint density at radius 2 is 2.11 bits per heavy atom. The van der Waals surface area contributed by atoms with Gasteiger partial charge in [-0.2, -0.15) is 0 Å². The quantitative estimate of drug-likeness (QED) is 0.895. The molecule has 3 heteroatoms. The van der Waals surface area contributed by atoms with Gasteiger partial charge in [-0.3, -0.25) is 4.98 Å². The molecule has 0 saturated carbocycles. The molecule has 94 valence electrons. The van der Waals surface area contributed by atoms with Crippen LogP contribution in [0.2, 0.25) is 0 Å². The van der Waals surface area contributed by atoms with E-state index in [0.717, 1.165) is 5.75 Å². The number of nitrogens with zero attached hydrogens (tertiary/aromatic N) is 1. The molecule has 0 amide bonds. The van der Waals surface area contributed by atoms with Gasteiger partial charge in [-0.15, -0.1) is 0 Å². The van der Waals surface area contributed by atoms with E-state index in [0.29, 0.717) is 0 Å². The van der Waals surface area contributed by atoms with Crippen molar-refractivity contribution in [1.29, 1.82) is 0 Å². The molecule has 1 heterocycles. The van der Waals surface area contributed by atoms with Gasteiger partial charge >= 0.3 is 0 Å². The van der Waals surface area contributed by atoms with Crippen LogP contribution in [0.15, 0.2) is 42.7 Å². The topological polar surface area (TPSA) is 34.1 Å². The Kier molecular flexibility index (Phi) is 3.95. The fourth-order valence-electron chi connectivity index (χ4n) is 2.10. The molecular formula is C15H18N2O. The maximum Gasteiger partial charge on any atom is 0.119 e. The molecule has 3 nitrogen and oxygen atoms in total. The van der Waals surface area contributed by atoms with Crippen molar-refractivity contribution in [3.63, 3.8) is 0 Å². The van der Waals surface area contributed by atoms with Gasteiger partial charge in [-0.1, -0.05) is 12.1 Å². The number of nitrogens with one attached hydrogen (secondary N) is 1. The van der Waals surface area contributed by atoms with Gasteiger partial charge in [-0.05, 0) is 48.9 Å². The Morgan fingerprint density at radius 1 is 1.28 bits per heavy atom. The molecule has 0 saturated heterocycles. The van der Waals surface area contributed by atoms with Crippen LogP contribution in [-0.2, 0) is 0 Å². The van der Waals surface area contributed by atoms with Crippen LogP contribution in [0, 0.1) is 6.92 Å². The van der Waals surface area contributed by atoms with Crippen LogP contribution in [0.3, 0.4) is 0 Å². The van der Waals surface area contributed by atoms with Crippen LogP contribution in [0.25, 0.3) is 0 Å². The zero-order valence-electron chi connectivity index (χ0n) is 11.0. The SMILES string of the molecule is CNC(c1cccc(OC)c1)c1cnccc1C. The summed E-state index contributed by atoms with van der Waals surface area (Å²) < 4.78 is 5.27. The van der Waals surface area contributed by atoms with E-state index in [-0.39, 0.29) is 6.04 Å². The first kappa shape index (κ1) is 12.6. The van der Waals surface area contributed by atoms with E-state index in [9.17, 15) is 0 Å². The Labute approximate surface area is 108 Å². The lowest BCUT2D eigenvalue weighted by molar-refractivity contribution is 0.413. The fourth-order valence-corrected chi connectivity index (χ4v) is 2.10. The summed E-state index contributed by atoms with van der Waals surface area (Å²) in [5, 5.41) is 3.33. The number of benzene rings is 1. The van der Waals surface area contributed by atoms with Crippen LogP contribution >= 0.6 is 0 Å². The molecule has 0 fully saturated rings. The molecular weight excluding hydrogens is 224 g/mol. The van der Waals surface area contributed by atoms with Gasteiger partial charge < -0.3 is 10.1 Å². The summed E-state index contributed by atoms with van der Waals surface area (Å²) in [6, 6.07) is 10.3. The Balaban J connectivity index is 2.42. The summed E-state index contributed by atoms with van der Waals surface area (Å²) in [6.07, 6.45) is 3.73. The van der Waals surface area contributed by atoms with Crippen LogP contribution in [0.4, 0.5) is 0 Å². The number of ether oxygens (including phenoxy) is 1. The Morgan fingerprint density at radius 3 is 2.78 bits per heavy atom. The van der Waals surface area contributed by atoms with E-state index in [1.165, 1.54) is 16.7 Å². The number of pyridine rings is 1. The van der Waals surface area contributed by atoms with Crippen molar-refractivity contribution in [3.8, 4) is 5.75 Å². The largest absolute Gasteiger partial charge is 0.497 e. The minimum absolute atomic E-state index is 0.133. The predicted molar refractivity (Wildman–Crippen MR) is 72.9 cm³/mol. The summed E-state index contributed by atoms with van der Waals surface area (Å²) in [5.41, 5.74) is 3.59. The maximum absolute atomic E-state index is 5.27. The van der Waals surface area contributed by atoms with Crippen LogP contribution in [0.5, 0.6) is 5.75 Å². The molecule has 0 spiro atoms. The van der Waals surface area contributed by atoms with Gasteiger partial charge in [-0.25, -0.2) is 0 Å². The van der Waals surface area contributed by atoms with Crippen LogP contribution < -0.4 is 10.1 Å². The number of aryl methyl sites for hydroxylation is 1. The van der Waals surface area contributed by atoms with Crippen molar-refractivity contribution in [2.75, 3.05) is 14.2 Å². The second-order valence-corrected chi connectivity index (χ2v) is 4.23. The van der Waals surface area contributed by atoms with E-state index >= 15 is 0 Å². The summed E-state index contributed by atoms with van der Waals surface area (Å²) in [5.74, 6) is 0.870. The van der Waals surface area contributed by atoms with E-state index in [4.69, 9.17) is 4.74 Å². The second-order valence-electron chi connectivity index (χ2n) is 4.23. The molecule has 1 N–H and O–H groups in total. The first-order valence-corrected chi connectivity index (χ1v) is 5.98. The molecule has 0 aliphatic rings. The number of methoxy groups -OCH3 is 1. The lowest BCUT2D eigenvalue weighted by Gasteiger charge is -2.19. The van der Waals surface area contributed by atoms with Gasteiger partial charge in [0, 0.05) is 12.4 Å². The third kappa shape index (κ3) is 2.51. The maximum atomic E-state index is 5.27. The highest BCUT2D eigenvalue weighted by Crippen LogP contribution is 2.26. The number of hydrogen-bond acceptors (Lipinski definition) is 3. The highest BCUT2D eigenvalue weighted by atomic mass is 16.5. The smallest absolute Gasteiger partial charge is 0.119 e. The third-order valence-electron chi connectivity index (χ3n) is 3.11. The Hall–Kier alpha value is -1.87. The van der Waals surface area contributed by atoms with Crippen LogP contribution in [0.1, 0.15) is 22.7 Å². The zero-order chi connectivity index (χ0) is 13.0. The molecule has 1 atom stereocenters. The van der Waals surface area contributed by atoms with E-state index in [1.807, 2.05) is 43.7 Å². The molecule has 2 rings (SSSR count). The monoisotopic (exact) mass is 242 g/mol. The number of rotatable bonds is 4. The van der Waals surface area contributed by atoms with E-state index < -0.39 is 0 Å². The standard InChI is InChI=1S/C15H18N2O/c1-11-7-8-17-10-14(11)15(16-2)12-5-4-6-13(9-12)18-3/h4-10,15-16H,1-3H3. The van der Waals surface area contributed by atoms with Gasteiger partial charge in [0.25, 0.3) is 0 Å². The fraction of sp³-hybridized carbons (Fsp3) is 0.267. The normalized spacial score (nSPS) is 12.2. The van der Waals surface area contributed by atoms with Gasteiger partial charge in [0.05, 0.1) is 13.2 Å². The minimum Gasteiger partial charge on any atom is -0.497 e. The van der Waals surface area contributed by atoms with Crippen molar-refractivity contribution in [3.05, 3.63) is 59.4 Å². The minimum atomic E-state index is 0.133. The number of aromatic nitrogens is 1. The highest BCUT2D eigenvalue weighted by molar-refractivity contribution is 5.38. The van der Waals surface area contributed by atoms with Crippen molar-refractivity contribution in [1.82, 2.24) is 10.3 Å². The van der Waals surface area contributed by atoms with E-state index in [1.54, 1.807) is 7.11 Å². The second kappa shape index (κ2) is 5.65. The lowest BCUT2D eigenvalue weighted by atomic mass is 9.97. The zero-order valence-corrected chi connectivity index (χ0v) is 11.0. The molecule has 0 bridgehead atoms. The van der Waals surface area contributed by atoms with E-state index in [2.05, 4.69) is 23.3 Å². The molecule has 18 heavy (non-hydrogen) atoms. The predicted octanol–water partition coefficient (Wildman–Crippen LogP) is 2.71. The Bertz CT molecular complexity index is 525. The first-order chi connectivity index (χ1) is 8.76. The summed E-state index contributed by atoms with van der Waals surface area (Å²) in [6.45, 7) is 2.10. The third-order valence-corrected chi connectivity index (χ3v) is 3.11. The molecule has 0 aliphatic heterocycles. The van der Waals surface area contributed by atoms with Crippen molar-refractivity contribution in [2.24, 2.45) is 0 Å². The van der Waals surface area contributed by atoms with Gasteiger partial charge in [0.15, 0.2) is 0 Å². The van der Waals surface area contributed by atoms with Crippen LogP contribution in [-0.4, -0.2) is 19.1 Å². The van der Waals surface area contributed by atoms with Crippen molar-refractivity contribution < 1.29 is 4.74 Å². The van der Waals surface area contributed by atoms with Crippen molar-refractivity contribution >= 4 is 0 Å². The summed E-state index contributed by atoms with van der Waals surface area (Å²) in [4.78, 5) is 4.21. The summed E-state index contributed by atoms with van der Waals surface area (Å²) >= 11 is 0. The molecule has 1 aromatic carbocycles. The lowest BCUT2D eigenvalue weighted by Crippen LogP contribution is -2.18. The molecule has 0 aliphatic carbocycles. The first-order valence-electron chi connectivity index (χ1n) is 5.98. The number of hydrogen-bond donors (Lipinski definition) is 1. The molecule has 2 aromatic rings. The summed E-state index contributed by atoms with van der Waals surface area (Å²) in [7, 11) is 3.64. The average molecular weight is 242 g/mol. The average Bonchev–Trinajstić information content (AvgIpc) is 2.42. The molecule has 1 aromatic heterocycles. The van der Waals surface area contributed by atoms with Gasteiger partial charge in [0.1, 0.15) is 5.75 Å². The van der Waals surface area contributed by atoms with Gasteiger partial charge in [0.2, 0.25) is 0 Å². The highest BCUT2D eigenvalue weighted by Gasteiger charge is 2.14. The molecule has 0 radical (unpaired) electrons. The van der Waals surface area contributed by atoms with Crippen molar-refractivity contribution in [2.45, 2.75) is 13.0 Å². The molecule has 1 unspecified atom stereocenters.